The molecule has 0 radical (unpaired) electrons. The smallest absolute Gasteiger partial charge is 0.248 e. The number of carbonyl (C=O) groups is 2. The van der Waals surface area contributed by atoms with E-state index in [0.717, 1.165) is 30.6 Å². The van der Waals surface area contributed by atoms with Gasteiger partial charge in [-0.1, -0.05) is 23.5 Å². The summed E-state index contributed by atoms with van der Waals surface area (Å²) in [4.78, 5) is 25.9. The summed E-state index contributed by atoms with van der Waals surface area (Å²) in [7, 11) is 1.62. The van der Waals surface area contributed by atoms with Crippen molar-refractivity contribution in [2.24, 2.45) is 23.2 Å². The van der Waals surface area contributed by atoms with Gasteiger partial charge in [-0.2, -0.15) is 0 Å². The number of amides is 2. The van der Waals surface area contributed by atoms with Crippen molar-refractivity contribution < 1.29 is 14.3 Å². The van der Waals surface area contributed by atoms with Crippen molar-refractivity contribution in [3.63, 3.8) is 0 Å². The fourth-order valence-corrected chi connectivity index (χ4v) is 6.91. The quantitative estimate of drug-likeness (QED) is 0.711. The number of nitrogens with one attached hydrogen (secondary N) is 2. The highest BCUT2D eigenvalue weighted by Gasteiger charge is 2.54. The number of carbonyl (C=O) groups excluding carboxylic acids is 2. The zero-order valence-electron chi connectivity index (χ0n) is 17.9. The van der Waals surface area contributed by atoms with Crippen LogP contribution in [0.4, 0.5) is 5.13 Å². The summed E-state index contributed by atoms with van der Waals surface area (Å²) in [6.07, 6.45) is 6.82. The molecule has 31 heavy (non-hydrogen) atoms. The Kier molecular flexibility index (Phi) is 5.20. The van der Waals surface area contributed by atoms with E-state index in [1.807, 2.05) is 24.3 Å². The molecule has 0 spiro atoms. The van der Waals surface area contributed by atoms with Gasteiger partial charge in [0.05, 0.1) is 7.11 Å². The van der Waals surface area contributed by atoms with Crippen LogP contribution in [0.15, 0.2) is 24.3 Å². The normalized spacial score (nSPS) is 29.4. The summed E-state index contributed by atoms with van der Waals surface area (Å²) in [6, 6.07) is 6.92. The summed E-state index contributed by atoms with van der Waals surface area (Å²) in [6.45, 7) is 1.73. The lowest BCUT2D eigenvalue weighted by molar-refractivity contribution is -0.147. The summed E-state index contributed by atoms with van der Waals surface area (Å²) in [5.74, 6) is 2.60. The van der Waals surface area contributed by atoms with Crippen molar-refractivity contribution in [2.75, 3.05) is 12.4 Å². The van der Waals surface area contributed by atoms with E-state index in [0.29, 0.717) is 27.9 Å². The van der Waals surface area contributed by atoms with Crippen molar-refractivity contribution in [3.8, 4) is 16.3 Å². The maximum Gasteiger partial charge on any atom is 0.248 e. The van der Waals surface area contributed by atoms with Gasteiger partial charge in [-0.05, 0) is 75.3 Å². The number of aromatic nitrogens is 2. The Morgan fingerprint density at radius 2 is 1.81 bits per heavy atom. The largest absolute Gasteiger partial charge is 0.497 e. The Labute approximate surface area is 186 Å². The summed E-state index contributed by atoms with van der Waals surface area (Å²) in [5, 5.41) is 15.2. The van der Waals surface area contributed by atoms with E-state index in [4.69, 9.17) is 4.74 Å². The average Bonchev–Trinajstić information content (AvgIpc) is 3.21. The molecule has 1 atom stereocenters. The lowest BCUT2D eigenvalue weighted by Gasteiger charge is -2.55. The van der Waals surface area contributed by atoms with Crippen molar-refractivity contribution in [1.82, 2.24) is 15.5 Å². The third-order valence-corrected chi connectivity index (χ3v) is 8.12. The van der Waals surface area contributed by atoms with E-state index in [1.54, 1.807) is 14.0 Å². The van der Waals surface area contributed by atoms with Crippen LogP contribution in [0, 0.1) is 23.2 Å². The van der Waals surface area contributed by atoms with Gasteiger partial charge in [0.25, 0.3) is 0 Å². The van der Waals surface area contributed by atoms with Crippen LogP contribution in [0.2, 0.25) is 0 Å². The van der Waals surface area contributed by atoms with Crippen LogP contribution in [-0.2, 0) is 9.59 Å². The van der Waals surface area contributed by atoms with Gasteiger partial charge in [-0.3, -0.25) is 14.9 Å². The second kappa shape index (κ2) is 7.89. The molecule has 4 aliphatic rings. The van der Waals surface area contributed by atoms with E-state index < -0.39 is 6.04 Å². The first-order valence-electron chi connectivity index (χ1n) is 11.0. The number of methoxy groups -OCH3 is 1. The van der Waals surface area contributed by atoms with E-state index >= 15 is 0 Å². The van der Waals surface area contributed by atoms with Gasteiger partial charge >= 0.3 is 0 Å². The number of benzene rings is 1. The van der Waals surface area contributed by atoms with Crippen LogP contribution < -0.4 is 15.4 Å². The van der Waals surface area contributed by atoms with Crippen LogP contribution in [0.1, 0.15) is 45.4 Å². The zero-order valence-corrected chi connectivity index (χ0v) is 18.7. The standard InChI is InChI=1S/C23H28N4O3S/c1-13(24-21(29)23-10-14-6-15(11-23)8-16(7-14)12-23)19(28)25-22-27-26-20(31-22)17-4-3-5-18(9-17)30-2/h3-5,9,13-16H,6-8,10-12H2,1-2H3,(H,24,29)(H,25,27,28). The van der Waals surface area contributed by atoms with Gasteiger partial charge in [-0.25, -0.2) is 0 Å². The van der Waals surface area contributed by atoms with Gasteiger partial charge in [0.15, 0.2) is 0 Å². The van der Waals surface area contributed by atoms with E-state index in [1.165, 1.54) is 30.6 Å². The summed E-state index contributed by atoms with van der Waals surface area (Å²) < 4.78 is 5.25. The molecule has 4 bridgehead atoms. The highest BCUT2D eigenvalue weighted by atomic mass is 32.1. The molecule has 1 unspecified atom stereocenters. The molecule has 1 aromatic heterocycles. The van der Waals surface area contributed by atoms with Crippen molar-refractivity contribution in [3.05, 3.63) is 24.3 Å². The molecule has 2 amide bonds. The Morgan fingerprint density at radius 1 is 1.13 bits per heavy atom. The van der Waals surface area contributed by atoms with E-state index in [2.05, 4.69) is 20.8 Å². The highest BCUT2D eigenvalue weighted by molar-refractivity contribution is 7.18. The van der Waals surface area contributed by atoms with Crippen LogP contribution in [0.5, 0.6) is 5.75 Å². The number of hydrogen-bond donors (Lipinski definition) is 2. The number of nitrogens with zero attached hydrogens (tertiary/aromatic N) is 2. The molecule has 2 N–H and O–H groups in total. The first-order valence-corrected chi connectivity index (χ1v) is 11.9. The van der Waals surface area contributed by atoms with Crippen LogP contribution in [0.3, 0.4) is 0 Å². The van der Waals surface area contributed by atoms with Gasteiger partial charge in [-0.15, -0.1) is 10.2 Å². The Balaban J connectivity index is 1.21. The van der Waals surface area contributed by atoms with Gasteiger partial charge in [0.1, 0.15) is 16.8 Å². The molecule has 4 saturated carbocycles. The van der Waals surface area contributed by atoms with Crippen molar-refractivity contribution in [2.45, 2.75) is 51.5 Å². The lowest BCUT2D eigenvalue weighted by atomic mass is 9.49. The predicted molar refractivity (Wildman–Crippen MR) is 119 cm³/mol. The lowest BCUT2D eigenvalue weighted by Crippen LogP contribution is -2.56. The monoisotopic (exact) mass is 440 g/mol. The first-order chi connectivity index (χ1) is 14.9. The minimum atomic E-state index is -0.621. The van der Waals surface area contributed by atoms with Crippen molar-refractivity contribution >= 4 is 28.3 Å². The van der Waals surface area contributed by atoms with Crippen LogP contribution in [-0.4, -0.2) is 35.2 Å². The Hall–Kier alpha value is -2.48. The molecular formula is C23H28N4O3S. The molecule has 164 valence electrons. The molecule has 4 fully saturated rings. The van der Waals surface area contributed by atoms with Crippen LogP contribution in [0.25, 0.3) is 10.6 Å². The minimum absolute atomic E-state index is 0.0589. The molecule has 1 aromatic carbocycles. The number of hydrogen-bond acceptors (Lipinski definition) is 6. The minimum Gasteiger partial charge on any atom is -0.497 e. The van der Waals surface area contributed by atoms with Gasteiger partial charge in [0, 0.05) is 11.0 Å². The second-order valence-electron chi connectivity index (χ2n) is 9.53. The average molecular weight is 441 g/mol. The molecule has 4 aliphatic carbocycles. The first kappa shape index (κ1) is 20.4. The van der Waals surface area contributed by atoms with E-state index in [9.17, 15) is 9.59 Å². The maximum atomic E-state index is 13.2. The van der Waals surface area contributed by atoms with Crippen molar-refractivity contribution in [1.29, 1.82) is 0 Å². The third kappa shape index (κ3) is 3.93. The number of anilines is 1. The molecule has 8 heteroatoms. The SMILES string of the molecule is COc1cccc(-c2nnc(NC(=O)C(C)NC(=O)C34CC5CC(CC(C5)C3)C4)s2)c1. The van der Waals surface area contributed by atoms with Gasteiger partial charge in [0.2, 0.25) is 16.9 Å². The molecule has 0 saturated heterocycles. The summed E-state index contributed by atoms with van der Waals surface area (Å²) >= 11 is 1.29. The fraction of sp³-hybridized carbons (Fsp3) is 0.565. The molecule has 6 rings (SSSR count). The topological polar surface area (TPSA) is 93.2 Å². The third-order valence-electron chi connectivity index (χ3n) is 7.23. The molecule has 0 aliphatic heterocycles. The second-order valence-corrected chi connectivity index (χ2v) is 10.5. The molecule has 1 heterocycles. The highest BCUT2D eigenvalue weighted by Crippen LogP contribution is 2.60. The van der Waals surface area contributed by atoms with E-state index in [-0.39, 0.29) is 17.2 Å². The Bertz CT molecular complexity index is 969. The fourth-order valence-electron chi connectivity index (χ4n) is 6.16. The Morgan fingerprint density at radius 3 is 2.45 bits per heavy atom. The maximum absolute atomic E-state index is 13.2. The number of rotatable bonds is 6. The molecule has 2 aromatic rings. The zero-order chi connectivity index (χ0) is 21.6. The predicted octanol–water partition coefficient (Wildman–Crippen LogP) is 3.87. The van der Waals surface area contributed by atoms with Gasteiger partial charge < -0.3 is 10.1 Å². The molecular weight excluding hydrogens is 412 g/mol. The van der Waals surface area contributed by atoms with Crippen LogP contribution >= 0.6 is 11.3 Å². The number of ether oxygens (including phenoxy) is 1. The molecule has 7 nitrogen and oxygen atoms in total. The summed E-state index contributed by atoms with van der Waals surface area (Å²) in [5.41, 5.74) is 0.617.